The fourth-order valence-corrected chi connectivity index (χ4v) is 1.26. The molecule has 0 aliphatic heterocycles. The van der Waals surface area contributed by atoms with Crippen molar-refractivity contribution < 1.29 is 14.3 Å². The van der Waals surface area contributed by atoms with Crippen molar-refractivity contribution in [3.63, 3.8) is 0 Å². The normalized spacial score (nSPS) is 10.4. The second kappa shape index (κ2) is 5.51. The molecule has 0 heterocycles. The van der Waals surface area contributed by atoms with E-state index in [2.05, 4.69) is 13.8 Å². The summed E-state index contributed by atoms with van der Waals surface area (Å²) in [7, 11) is 1.56. The van der Waals surface area contributed by atoms with E-state index in [1.807, 2.05) is 12.1 Å². The van der Waals surface area contributed by atoms with Gasteiger partial charge >= 0.3 is 0 Å². The number of carbonyl (C=O) groups is 1. The molecule has 3 heteroatoms. The summed E-state index contributed by atoms with van der Waals surface area (Å²) in [5, 5.41) is 0. The van der Waals surface area contributed by atoms with Crippen LogP contribution in [-0.2, 0) is 4.74 Å². The van der Waals surface area contributed by atoms with E-state index in [9.17, 15) is 4.79 Å². The van der Waals surface area contributed by atoms with Crippen molar-refractivity contribution in [2.45, 2.75) is 19.8 Å². The molecule has 0 atom stereocenters. The van der Waals surface area contributed by atoms with Crippen LogP contribution in [0.2, 0.25) is 0 Å². The molecule has 0 aromatic heterocycles. The van der Waals surface area contributed by atoms with E-state index < -0.39 is 0 Å². The fourth-order valence-electron chi connectivity index (χ4n) is 1.26. The number of benzene rings is 1. The van der Waals surface area contributed by atoms with Crippen molar-refractivity contribution in [2.75, 3.05) is 13.9 Å². The minimum atomic E-state index is 0.194. The smallest absolute Gasteiger partial charge is 0.188 e. The maximum atomic E-state index is 10.7. The number of aldehydes is 1. The van der Waals surface area contributed by atoms with Crippen LogP contribution in [0.4, 0.5) is 0 Å². The van der Waals surface area contributed by atoms with Gasteiger partial charge in [0.1, 0.15) is 12.0 Å². The summed E-state index contributed by atoms with van der Waals surface area (Å²) >= 11 is 0. The quantitative estimate of drug-likeness (QED) is 0.551. The highest BCUT2D eigenvalue weighted by molar-refractivity contribution is 5.76. The second-order valence-corrected chi connectivity index (χ2v) is 3.66. The lowest BCUT2D eigenvalue weighted by atomic mass is 10.0. The molecule has 1 aromatic rings. The van der Waals surface area contributed by atoms with Crippen LogP contribution in [0.1, 0.15) is 35.7 Å². The first-order valence-electron chi connectivity index (χ1n) is 4.89. The SMILES string of the molecule is COCOc1cc(C=O)cc(C(C)C)c1. The molecule has 82 valence electrons. The molecule has 0 N–H and O–H groups in total. The number of ether oxygens (including phenoxy) is 2. The molecule has 0 unspecified atom stereocenters. The first-order valence-corrected chi connectivity index (χ1v) is 4.89. The Hall–Kier alpha value is -1.35. The second-order valence-electron chi connectivity index (χ2n) is 3.66. The highest BCUT2D eigenvalue weighted by atomic mass is 16.7. The zero-order valence-corrected chi connectivity index (χ0v) is 9.32. The lowest BCUT2D eigenvalue weighted by Crippen LogP contribution is -2.00. The molecule has 0 bridgehead atoms. The van der Waals surface area contributed by atoms with Gasteiger partial charge in [-0.3, -0.25) is 4.79 Å². The van der Waals surface area contributed by atoms with Crippen LogP contribution >= 0.6 is 0 Å². The average Bonchev–Trinajstić information content (AvgIpc) is 2.25. The summed E-state index contributed by atoms with van der Waals surface area (Å²) < 4.78 is 10.1. The van der Waals surface area contributed by atoms with Gasteiger partial charge in [0, 0.05) is 12.7 Å². The number of hydrogen-bond donors (Lipinski definition) is 0. The summed E-state index contributed by atoms with van der Waals surface area (Å²) in [4.78, 5) is 10.7. The fraction of sp³-hybridized carbons (Fsp3) is 0.417. The van der Waals surface area contributed by atoms with Gasteiger partial charge in [0.05, 0.1) is 0 Å². The van der Waals surface area contributed by atoms with Crippen molar-refractivity contribution in [1.29, 1.82) is 0 Å². The van der Waals surface area contributed by atoms with Gasteiger partial charge in [-0.15, -0.1) is 0 Å². The number of methoxy groups -OCH3 is 1. The molecule has 0 fully saturated rings. The molecule has 1 rings (SSSR count). The highest BCUT2D eigenvalue weighted by Gasteiger charge is 2.04. The Bertz CT molecular complexity index is 332. The van der Waals surface area contributed by atoms with E-state index in [1.54, 1.807) is 13.2 Å². The van der Waals surface area contributed by atoms with Crippen molar-refractivity contribution in [1.82, 2.24) is 0 Å². The van der Waals surface area contributed by atoms with Gasteiger partial charge in [-0.1, -0.05) is 13.8 Å². The third-order valence-corrected chi connectivity index (χ3v) is 2.10. The predicted molar refractivity (Wildman–Crippen MR) is 58.4 cm³/mol. The molecule has 15 heavy (non-hydrogen) atoms. The molecule has 0 aliphatic carbocycles. The first-order chi connectivity index (χ1) is 7.17. The minimum absolute atomic E-state index is 0.194. The van der Waals surface area contributed by atoms with Crippen LogP contribution in [0.3, 0.4) is 0 Å². The van der Waals surface area contributed by atoms with Crippen LogP contribution in [0.5, 0.6) is 5.75 Å². The van der Waals surface area contributed by atoms with Crippen LogP contribution in [-0.4, -0.2) is 20.2 Å². The molecule has 0 amide bonds. The van der Waals surface area contributed by atoms with Crippen molar-refractivity contribution >= 4 is 6.29 Å². The van der Waals surface area contributed by atoms with E-state index in [0.717, 1.165) is 11.8 Å². The molecule has 0 spiro atoms. The van der Waals surface area contributed by atoms with Crippen molar-refractivity contribution in [2.24, 2.45) is 0 Å². The maximum absolute atomic E-state index is 10.7. The predicted octanol–water partition coefficient (Wildman–Crippen LogP) is 2.61. The largest absolute Gasteiger partial charge is 0.468 e. The zero-order chi connectivity index (χ0) is 11.3. The van der Waals surface area contributed by atoms with E-state index in [0.29, 0.717) is 17.2 Å². The number of carbonyl (C=O) groups excluding carboxylic acids is 1. The Balaban J connectivity index is 2.95. The van der Waals surface area contributed by atoms with Gasteiger partial charge in [-0.05, 0) is 29.7 Å². The third kappa shape index (κ3) is 3.36. The Morgan fingerprint density at radius 2 is 2.07 bits per heavy atom. The topological polar surface area (TPSA) is 35.5 Å². The van der Waals surface area contributed by atoms with Crippen LogP contribution in [0.25, 0.3) is 0 Å². The zero-order valence-electron chi connectivity index (χ0n) is 9.32. The molecule has 0 radical (unpaired) electrons. The third-order valence-electron chi connectivity index (χ3n) is 2.10. The number of rotatable bonds is 5. The monoisotopic (exact) mass is 208 g/mol. The summed E-state index contributed by atoms with van der Waals surface area (Å²) in [5.74, 6) is 1.04. The van der Waals surface area contributed by atoms with Gasteiger partial charge in [0.25, 0.3) is 0 Å². The first kappa shape index (κ1) is 11.7. The maximum Gasteiger partial charge on any atom is 0.188 e. The number of hydrogen-bond acceptors (Lipinski definition) is 3. The molecular formula is C12H16O3. The Morgan fingerprint density at radius 1 is 1.33 bits per heavy atom. The Kier molecular flexibility index (Phi) is 4.31. The van der Waals surface area contributed by atoms with Crippen molar-refractivity contribution in [3.05, 3.63) is 29.3 Å². The van der Waals surface area contributed by atoms with Gasteiger partial charge in [0.15, 0.2) is 6.79 Å². The van der Waals surface area contributed by atoms with E-state index in [4.69, 9.17) is 9.47 Å². The molecule has 1 aromatic carbocycles. The van der Waals surface area contributed by atoms with Gasteiger partial charge < -0.3 is 9.47 Å². The minimum Gasteiger partial charge on any atom is -0.468 e. The van der Waals surface area contributed by atoms with Crippen molar-refractivity contribution in [3.8, 4) is 5.75 Å². The highest BCUT2D eigenvalue weighted by Crippen LogP contribution is 2.22. The molecule has 3 nitrogen and oxygen atoms in total. The van der Waals surface area contributed by atoms with Crippen LogP contribution in [0.15, 0.2) is 18.2 Å². The summed E-state index contributed by atoms with van der Waals surface area (Å²) in [6, 6.07) is 5.51. The standard InChI is InChI=1S/C12H16O3/c1-9(2)11-4-10(7-13)5-12(6-11)15-8-14-3/h4-7,9H,8H2,1-3H3. The van der Waals surface area contributed by atoms with Gasteiger partial charge in [-0.2, -0.15) is 0 Å². The summed E-state index contributed by atoms with van der Waals surface area (Å²) in [6.45, 7) is 4.34. The van der Waals surface area contributed by atoms with E-state index in [1.165, 1.54) is 0 Å². The van der Waals surface area contributed by atoms with Crippen LogP contribution in [0, 0.1) is 0 Å². The summed E-state index contributed by atoms with van der Waals surface area (Å²) in [6.07, 6.45) is 0.825. The molecule has 0 aliphatic rings. The Morgan fingerprint density at radius 3 is 2.60 bits per heavy atom. The average molecular weight is 208 g/mol. The van der Waals surface area contributed by atoms with E-state index >= 15 is 0 Å². The Labute approximate surface area is 90.0 Å². The molecule has 0 saturated heterocycles. The van der Waals surface area contributed by atoms with Crippen LogP contribution < -0.4 is 4.74 Å². The van der Waals surface area contributed by atoms with E-state index in [-0.39, 0.29) is 6.79 Å². The molecule has 0 saturated carbocycles. The van der Waals surface area contributed by atoms with Gasteiger partial charge in [-0.25, -0.2) is 0 Å². The van der Waals surface area contributed by atoms with Gasteiger partial charge in [0.2, 0.25) is 0 Å². The molecular weight excluding hydrogens is 192 g/mol. The lowest BCUT2D eigenvalue weighted by molar-refractivity contribution is 0.0510. The lowest BCUT2D eigenvalue weighted by Gasteiger charge is -2.10. The summed E-state index contributed by atoms with van der Waals surface area (Å²) in [5.41, 5.74) is 1.72.